The van der Waals surface area contributed by atoms with Crippen LogP contribution in [-0.2, 0) is 14.3 Å². The van der Waals surface area contributed by atoms with E-state index >= 15 is 0 Å². The molecule has 3 heterocycles. The molecule has 1 unspecified atom stereocenters. The van der Waals surface area contributed by atoms with Gasteiger partial charge in [0, 0.05) is 16.9 Å². The number of aliphatic hydroxyl groups excluding tert-OH is 2. The predicted octanol–water partition coefficient (Wildman–Crippen LogP) is 2.41. The third-order valence-electron chi connectivity index (χ3n) is 7.96. The maximum Gasteiger partial charge on any atom is 0.312 e. The van der Waals surface area contributed by atoms with Crippen LogP contribution in [-0.4, -0.2) is 35.2 Å². The second-order valence-electron chi connectivity index (χ2n) is 8.75. The molecule has 0 radical (unpaired) electrons. The zero-order valence-corrected chi connectivity index (χ0v) is 15.0. The van der Waals surface area contributed by atoms with Crippen LogP contribution in [0.5, 0.6) is 0 Å². The maximum absolute atomic E-state index is 13.1. The molecule has 2 saturated carbocycles. The van der Waals surface area contributed by atoms with Crippen molar-refractivity contribution < 1.29 is 28.9 Å². The summed E-state index contributed by atoms with van der Waals surface area (Å²) < 4.78 is 16.8. The Balaban J connectivity index is 1.59. The lowest BCUT2D eigenvalue weighted by atomic mass is 9.42. The maximum atomic E-state index is 13.1. The number of aliphatic hydroxyl groups is 2. The van der Waals surface area contributed by atoms with Gasteiger partial charge in [-0.15, -0.1) is 0 Å². The number of carbonyl (C=O) groups is 1. The van der Waals surface area contributed by atoms with Crippen LogP contribution in [0.1, 0.15) is 50.7 Å². The molecule has 2 aliphatic carbocycles. The third-order valence-corrected chi connectivity index (χ3v) is 7.96. The van der Waals surface area contributed by atoms with Crippen molar-refractivity contribution in [3.63, 3.8) is 0 Å². The number of rotatable bonds is 3. The molecule has 1 aromatic rings. The van der Waals surface area contributed by atoms with E-state index in [9.17, 15) is 15.0 Å². The monoisotopic (exact) mass is 362 g/mol. The summed E-state index contributed by atoms with van der Waals surface area (Å²) in [6.07, 6.45) is 5.28. The van der Waals surface area contributed by atoms with E-state index < -0.39 is 17.8 Å². The lowest BCUT2D eigenvalue weighted by Gasteiger charge is -2.63. The van der Waals surface area contributed by atoms with Crippen LogP contribution < -0.4 is 0 Å². The number of esters is 1. The van der Waals surface area contributed by atoms with Crippen LogP contribution in [0.15, 0.2) is 23.0 Å². The van der Waals surface area contributed by atoms with E-state index in [2.05, 4.69) is 6.92 Å². The van der Waals surface area contributed by atoms with Crippen molar-refractivity contribution in [3.05, 3.63) is 24.2 Å². The fourth-order valence-electron chi connectivity index (χ4n) is 6.78. The number of carbonyl (C=O) groups excluding carboxylic acids is 1. The summed E-state index contributed by atoms with van der Waals surface area (Å²) in [6.45, 7) is 2.40. The number of hydrogen-bond acceptors (Lipinski definition) is 6. The molecular formula is C20H26O6. The molecule has 4 aliphatic rings. The van der Waals surface area contributed by atoms with Gasteiger partial charge in [-0.05, 0) is 43.6 Å². The molecular weight excluding hydrogens is 336 g/mol. The fourth-order valence-corrected chi connectivity index (χ4v) is 6.78. The number of furan rings is 1. The van der Waals surface area contributed by atoms with E-state index in [1.807, 2.05) is 0 Å². The van der Waals surface area contributed by atoms with E-state index in [4.69, 9.17) is 13.9 Å². The molecule has 6 heteroatoms. The van der Waals surface area contributed by atoms with Crippen LogP contribution in [0.25, 0.3) is 0 Å². The Morgan fingerprint density at radius 3 is 3.00 bits per heavy atom. The van der Waals surface area contributed by atoms with Gasteiger partial charge in [0.25, 0.3) is 0 Å². The van der Waals surface area contributed by atoms with Crippen LogP contribution in [0, 0.1) is 28.6 Å². The first-order chi connectivity index (χ1) is 12.5. The average molecular weight is 362 g/mol. The first kappa shape index (κ1) is 16.8. The van der Waals surface area contributed by atoms with Crippen LogP contribution in [0.4, 0.5) is 0 Å². The standard InChI is InChI=1S/C20H26O6/c1-11-7-16-20-10-25-18(23)19(11,8-14(21)12-5-6-24-9-12)15(20)4-2-3-13(20)17(22)26-16/h5-6,9,11,13-17,21-22H,2-4,7-8,10H2,1H3/t11-,13-,14+,15-,16-,17+,19?,20-/m1/s1. The average Bonchev–Trinajstić information content (AvgIpc) is 3.24. The quantitative estimate of drug-likeness (QED) is 0.803. The highest BCUT2D eigenvalue weighted by Gasteiger charge is 2.74. The van der Waals surface area contributed by atoms with Crippen molar-refractivity contribution in [3.8, 4) is 0 Å². The summed E-state index contributed by atoms with van der Waals surface area (Å²) in [4.78, 5) is 13.1. The van der Waals surface area contributed by atoms with Crippen molar-refractivity contribution in [2.24, 2.45) is 28.6 Å². The Kier molecular flexibility index (Phi) is 3.59. The zero-order valence-electron chi connectivity index (χ0n) is 15.0. The van der Waals surface area contributed by atoms with Gasteiger partial charge in [0.15, 0.2) is 6.29 Å². The second-order valence-corrected chi connectivity index (χ2v) is 8.75. The molecule has 6 nitrogen and oxygen atoms in total. The first-order valence-electron chi connectivity index (χ1n) is 9.71. The van der Waals surface area contributed by atoms with Gasteiger partial charge < -0.3 is 24.1 Å². The van der Waals surface area contributed by atoms with Gasteiger partial charge in [0.1, 0.15) is 6.61 Å². The molecule has 0 amide bonds. The van der Waals surface area contributed by atoms with Gasteiger partial charge in [-0.1, -0.05) is 13.3 Å². The van der Waals surface area contributed by atoms with Crippen molar-refractivity contribution in [1.82, 2.24) is 0 Å². The summed E-state index contributed by atoms with van der Waals surface area (Å²) in [5.74, 6) is -0.0903. The summed E-state index contributed by atoms with van der Waals surface area (Å²) >= 11 is 0. The van der Waals surface area contributed by atoms with Crippen LogP contribution in [0.3, 0.4) is 0 Å². The minimum absolute atomic E-state index is 0.0114. The molecule has 5 rings (SSSR count). The number of hydrogen-bond donors (Lipinski definition) is 2. The Hall–Kier alpha value is -1.37. The molecule has 1 spiro atoms. The molecule has 2 bridgehead atoms. The minimum Gasteiger partial charge on any atom is -0.472 e. The lowest BCUT2D eigenvalue weighted by molar-refractivity contribution is -0.238. The van der Waals surface area contributed by atoms with Crippen molar-refractivity contribution in [1.29, 1.82) is 0 Å². The van der Waals surface area contributed by atoms with E-state index in [1.165, 1.54) is 12.5 Å². The Bertz CT molecular complexity index is 701. The largest absolute Gasteiger partial charge is 0.472 e. The highest BCUT2D eigenvalue weighted by atomic mass is 16.6. The Morgan fingerprint density at radius 1 is 1.38 bits per heavy atom. The Morgan fingerprint density at radius 2 is 2.23 bits per heavy atom. The van der Waals surface area contributed by atoms with E-state index in [-0.39, 0.29) is 35.2 Å². The van der Waals surface area contributed by atoms with E-state index in [1.54, 1.807) is 6.07 Å². The molecule has 2 N–H and O–H groups in total. The van der Waals surface area contributed by atoms with Gasteiger partial charge >= 0.3 is 5.97 Å². The molecule has 2 aliphatic heterocycles. The highest BCUT2D eigenvalue weighted by molar-refractivity contribution is 5.79. The Labute approximate surface area is 152 Å². The molecule has 8 atom stereocenters. The second kappa shape index (κ2) is 5.57. The van der Waals surface area contributed by atoms with Gasteiger partial charge in [-0.25, -0.2) is 0 Å². The first-order valence-corrected chi connectivity index (χ1v) is 9.71. The van der Waals surface area contributed by atoms with E-state index in [0.29, 0.717) is 18.6 Å². The van der Waals surface area contributed by atoms with Gasteiger partial charge in [-0.2, -0.15) is 0 Å². The number of cyclic esters (lactones) is 1. The SMILES string of the molecule is C[C@@H]1C[C@H]2O[C@H](O)[C@H]3CCC[C@@H]4C1(C[C@H](O)c1ccoc1)C(=O)OC[C@@]342. The smallest absolute Gasteiger partial charge is 0.312 e. The summed E-state index contributed by atoms with van der Waals surface area (Å²) in [6, 6.07) is 1.74. The lowest BCUT2D eigenvalue weighted by Crippen LogP contribution is -2.67. The molecule has 26 heavy (non-hydrogen) atoms. The fraction of sp³-hybridized carbons (Fsp3) is 0.750. The minimum atomic E-state index is -0.776. The van der Waals surface area contributed by atoms with E-state index in [0.717, 1.165) is 25.7 Å². The summed E-state index contributed by atoms with van der Waals surface area (Å²) in [7, 11) is 0. The van der Waals surface area contributed by atoms with Gasteiger partial charge in [0.05, 0.1) is 30.1 Å². The highest BCUT2D eigenvalue weighted by Crippen LogP contribution is 2.70. The van der Waals surface area contributed by atoms with Gasteiger partial charge in [-0.3, -0.25) is 4.79 Å². The zero-order chi connectivity index (χ0) is 18.1. The van der Waals surface area contributed by atoms with Crippen molar-refractivity contribution >= 4 is 5.97 Å². The van der Waals surface area contributed by atoms with Crippen molar-refractivity contribution in [2.75, 3.05) is 6.61 Å². The van der Waals surface area contributed by atoms with Crippen molar-refractivity contribution in [2.45, 2.75) is 57.5 Å². The molecule has 1 aromatic heterocycles. The van der Waals surface area contributed by atoms with Crippen LogP contribution >= 0.6 is 0 Å². The molecule has 142 valence electrons. The normalized spacial score (nSPS) is 48.0. The number of ether oxygens (including phenoxy) is 2. The molecule has 4 fully saturated rings. The molecule has 2 saturated heterocycles. The summed E-state index contributed by atoms with van der Waals surface area (Å²) in [5.41, 5.74) is -0.359. The van der Waals surface area contributed by atoms with Crippen LogP contribution in [0.2, 0.25) is 0 Å². The molecule has 0 aromatic carbocycles. The van der Waals surface area contributed by atoms with Gasteiger partial charge in [0.2, 0.25) is 0 Å². The third kappa shape index (κ3) is 1.90. The predicted molar refractivity (Wildman–Crippen MR) is 89.6 cm³/mol. The summed E-state index contributed by atoms with van der Waals surface area (Å²) in [5, 5.41) is 21.4. The topological polar surface area (TPSA) is 89.1 Å².